The number of hydrogen-bond acceptors (Lipinski definition) is 7. The lowest BCUT2D eigenvalue weighted by atomic mass is 10.1. The first kappa shape index (κ1) is 25.9. The van der Waals surface area contributed by atoms with E-state index in [1.165, 1.54) is 18.2 Å². The number of benzene rings is 2. The summed E-state index contributed by atoms with van der Waals surface area (Å²) in [5.41, 5.74) is 1.07. The summed E-state index contributed by atoms with van der Waals surface area (Å²) in [6, 6.07) is 10.7. The predicted octanol–water partition coefficient (Wildman–Crippen LogP) is 4.60. The van der Waals surface area contributed by atoms with Crippen molar-refractivity contribution in [3.05, 3.63) is 53.6 Å². The Morgan fingerprint density at radius 2 is 1.19 bits per heavy atom. The summed E-state index contributed by atoms with van der Waals surface area (Å²) in [6.45, 7) is 10.7. The van der Waals surface area contributed by atoms with Crippen LogP contribution in [-0.4, -0.2) is 34.3 Å². The lowest BCUT2D eigenvalue weighted by molar-refractivity contribution is 0.382. The van der Waals surface area contributed by atoms with E-state index in [0.717, 1.165) is 17.4 Å². The highest BCUT2D eigenvalue weighted by Crippen LogP contribution is 2.37. The van der Waals surface area contributed by atoms with Gasteiger partial charge in [-0.2, -0.15) is 16.8 Å². The van der Waals surface area contributed by atoms with E-state index in [1.54, 1.807) is 6.08 Å². The van der Waals surface area contributed by atoms with Crippen LogP contribution in [-0.2, 0) is 20.8 Å². The average Bonchev–Trinajstić information content (AvgIpc) is 2.56. The van der Waals surface area contributed by atoms with Crippen LogP contribution >= 0.6 is 0 Å². The molecule has 2 N–H and O–H groups in total. The molecule has 0 atom stereocenters. The van der Waals surface area contributed by atoms with Crippen LogP contribution < -0.4 is 12.8 Å². The van der Waals surface area contributed by atoms with Gasteiger partial charge in [0.2, 0.25) is 8.32 Å². The fourth-order valence-electron chi connectivity index (χ4n) is 2.32. The van der Waals surface area contributed by atoms with Crippen LogP contribution in [0.25, 0.3) is 12.2 Å². The van der Waals surface area contributed by atoms with Gasteiger partial charge >= 0.3 is 20.8 Å². The van der Waals surface area contributed by atoms with Crippen molar-refractivity contribution in [1.29, 1.82) is 0 Å². The van der Waals surface area contributed by atoms with Gasteiger partial charge in [0.15, 0.2) is 0 Å². The SMILES string of the molecule is CC(C)(C)[Si](C)(C)Oc1ccc(/C=C/c2cc(OS(=O)(=O)O)cc(OS(=O)(=O)O)c2)cc1. The van der Waals surface area contributed by atoms with Crippen LogP contribution in [0.1, 0.15) is 31.9 Å². The van der Waals surface area contributed by atoms with E-state index in [1.807, 2.05) is 24.3 Å². The molecule has 0 radical (unpaired) electrons. The zero-order chi connectivity index (χ0) is 24.4. The molecule has 2 aromatic rings. The highest BCUT2D eigenvalue weighted by molar-refractivity contribution is 7.81. The Morgan fingerprint density at radius 3 is 1.59 bits per heavy atom. The van der Waals surface area contributed by atoms with Crippen molar-refractivity contribution in [3.63, 3.8) is 0 Å². The molecule has 2 rings (SSSR count). The van der Waals surface area contributed by atoms with Gasteiger partial charge in [0.25, 0.3) is 0 Å². The average molecular weight is 503 g/mol. The largest absolute Gasteiger partial charge is 0.544 e. The van der Waals surface area contributed by atoms with Gasteiger partial charge in [-0.1, -0.05) is 45.1 Å². The third kappa shape index (κ3) is 8.28. The Bertz CT molecular complexity index is 1140. The quantitative estimate of drug-likeness (QED) is 0.301. The lowest BCUT2D eigenvalue weighted by Gasteiger charge is -2.36. The Hall–Kier alpha value is -2.38. The van der Waals surface area contributed by atoms with Gasteiger partial charge in [-0.3, -0.25) is 9.11 Å². The van der Waals surface area contributed by atoms with Crippen molar-refractivity contribution in [3.8, 4) is 17.2 Å². The Balaban J connectivity index is 2.28. The first-order valence-corrected chi connectivity index (χ1v) is 15.0. The van der Waals surface area contributed by atoms with Gasteiger partial charge in [-0.25, -0.2) is 0 Å². The topological polar surface area (TPSA) is 136 Å². The third-order valence-corrected chi connectivity index (χ3v) is 10.00. The minimum Gasteiger partial charge on any atom is -0.544 e. The monoisotopic (exact) mass is 502 g/mol. The number of rotatable bonds is 8. The molecule has 0 aliphatic heterocycles. The first-order chi connectivity index (χ1) is 14.4. The van der Waals surface area contributed by atoms with Crippen molar-refractivity contribution in [2.75, 3.05) is 0 Å². The van der Waals surface area contributed by atoms with E-state index in [0.29, 0.717) is 0 Å². The lowest BCUT2D eigenvalue weighted by Crippen LogP contribution is -2.43. The fourth-order valence-corrected chi connectivity index (χ4v) is 4.03. The molecule has 0 aliphatic carbocycles. The molecule has 0 aromatic heterocycles. The predicted molar refractivity (Wildman–Crippen MR) is 124 cm³/mol. The third-order valence-electron chi connectivity index (χ3n) is 4.83. The molecule has 176 valence electrons. The Labute approximate surface area is 189 Å². The highest BCUT2D eigenvalue weighted by Gasteiger charge is 2.38. The van der Waals surface area contributed by atoms with Crippen LogP contribution in [0.4, 0.5) is 0 Å². The van der Waals surface area contributed by atoms with Crippen LogP contribution in [0.3, 0.4) is 0 Å². The van der Waals surface area contributed by atoms with Crippen molar-refractivity contribution >= 4 is 41.3 Å². The Morgan fingerprint density at radius 1 is 0.750 bits per heavy atom. The summed E-state index contributed by atoms with van der Waals surface area (Å²) in [6.07, 6.45) is 3.22. The normalized spacial score (nSPS) is 13.2. The Kier molecular flexibility index (Phi) is 7.47. The maximum Gasteiger partial charge on any atom is 0.446 e. The second-order valence-electron chi connectivity index (χ2n) is 8.52. The maximum absolute atomic E-state index is 11.0. The molecular weight excluding hydrogens is 476 g/mol. The van der Waals surface area contributed by atoms with E-state index in [9.17, 15) is 16.8 Å². The minimum atomic E-state index is -4.85. The van der Waals surface area contributed by atoms with E-state index in [2.05, 4.69) is 42.2 Å². The number of hydrogen-bond donors (Lipinski definition) is 2. The summed E-state index contributed by atoms with van der Waals surface area (Å²) < 4.78 is 76.6. The molecule has 0 aliphatic rings. The molecule has 0 fully saturated rings. The first-order valence-electron chi connectivity index (χ1n) is 9.40. The van der Waals surface area contributed by atoms with Crippen LogP contribution in [0.2, 0.25) is 18.1 Å². The molecule has 12 heteroatoms. The molecule has 9 nitrogen and oxygen atoms in total. The molecule has 32 heavy (non-hydrogen) atoms. The van der Waals surface area contributed by atoms with E-state index in [-0.39, 0.29) is 10.6 Å². The van der Waals surface area contributed by atoms with Gasteiger partial charge < -0.3 is 12.8 Å². The summed E-state index contributed by atoms with van der Waals surface area (Å²) in [4.78, 5) is 0. The highest BCUT2D eigenvalue weighted by atomic mass is 32.3. The molecule has 0 amide bonds. The van der Waals surface area contributed by atoms with E-state index >= 15 is 0 Å². The van der Waals surface area contributed by atoms with Gasteiger partial charge in [-0.05, 0) is 53.5 Å². The van der Waals surface area contributed by atoms with Crippen molar-refractivity contribution in [2.24, 2.45) is 0 Å². The smallest absolute Gasteiger partial charge is 0.446 e. The fraction of sp³-hybridized carbons (Fsp3) is 0.300. The van der Waals surface area contributed by atoms with Crippen LogP contribution in [0.15, 0.2) is 42.5 Å². The van der Waals surface area contributed by atoms with Gasteiger partial charge in [0.05, 0.1) is 0 Å². The summed E-state index contributed by atoms with van der Waals surface area (Å²) in [5.74, 6) is -0.0704. The maximum atomic E-state index is 11.0. The molecule has 2 aromatic carbocycles. The molecule has 0 heterocycles. The van der Waals surface area contributed by atoms with E-state index in [4.69, 9.17) is 13.5 Å². The van der Waals surface area contributed by atoms with E-state index < -0.39 is 40.6 Å². The van der Waals surface area contributed by atoms with Crippen LogP contribution in [0.5, 0.6) is 17.2 Å². The second-order valence-corrected chi connectivity index (χ2v) is 15.3. The standard InChI is InChI=1S/C20H26O9S2Si/c1-20(2,3)32(4,5)29-17-10-8-15(9-11-17)6-7-16-12-18(27-30(21,22)23)14-19(13-16)28-31(24,25)26/h6-14H,1-5H3,(H,21,22,23)(H,24,25,26)/b7-6+. The molecule has 0 saturated carbocycles. The minimum absolute atomic E-state index is 0.0581. The molecule has 0 spiro atoms. The summed E-state index contributed by atoms with van der Waals surface area (Å²) in [7, 11) is -11.7. The molecular formula is C20H26O9S2Si. The molecule has 0 unspecified atom stereocenters. The van der Waals surface area contributed by atoms with Gasteiger partial charge in [0.1, 0.15) is 17.2 Å². The summed E-state index contributed by atoms with van der Waals surface area (Å²) in [5, 5.41) is 0.0581. The van der Waals surface area contributed by atoms with Gasteiger partial charge in [-0.15, -0.1) is 0 Å². The summed E-state index contributed by atoms with van der Waals surface area (Å²) >= 11 is 0. The zero-order valence-corrected chi connectivity index (χ0v) is 20.9. The van der Waals surface area contributed by atoms with Crippen molar-refractivity contribution in [2.45, 2.75) is 38.9 Å². The van der Waals surface area contributed by atoms with Crippen molar-refractivity contribution in [1.82, 2.24) is 0 Å². The van der Waals surface area contributed by atoms with Crippen molar-refractivity contribution < 1.29 is 38.7 Å². The van der Waals surface area contributed by atoms with Crippen LogP contribution in [0, 0.1) is 0 Å². The molecule has 0 bridgehead atoms. The second kappa shape index (κ2) is 9.23. The zero-order valence-electron chi connectivity index (χ0n) is 18.3. The van der Waals surface area contributed by atoms with Gasteiger partial charge in [0, 0.05) is 6.07 Å². The molecule has 0 saturated heterocycles.